The number of rotatable bonds is 6. The van der Waals surface area contributed by atoms with Crippen molar-refractivity contribution in [3.63, 3.8) is 0 Å². The lowest BCUT2D eigenvalue weighted by Crippen LogP contribution is -2.36. The lowest BCUT2D eigenvalue weighted by Gasteiger charge is -2.26. The minimum Gasteiger partial charge on any atom is -0.454 e. The van der Waals surface area contributed by atoms with Crippen LogP contribution in [0.15, 0.2) is 51.8 Å². The Bertz CT molecular complexity index is 1010. The number of halogens is 1. The molecular weight excluding hydrogens is 458 g/mol. The summed E-state index contributed by atoms with van der Waals surface area (Å²) in [6, 6.07) is 11.2. The highest BCUT2D eigenvalue weighted by atomic mass is 79.9. The summed E-state index contributed by atoms with van der Waals surface area (Å²) in [5.41, 5.74) is 1.10. The molecule has 0 radical (unpaired) electrons. The van der Waals surface area contributed by atoms with Crippen molar-refractivity contribution in [2.24, 2.45) is 0 Å². The molecule has 1 aliphatic heterocycles. The number of carbonyl (C=O) groups is 2. The van der Waals surface area contributed by atoms with E-state index in [1.165, 1.54) is 16.4 Å². The van der Waals surface area contributed by atoms with E-state index in [1.54, 1.807) is 37.3 Å². The normalized spacial score (nSPS) is 15.1. The zero-order chi connectivity index (χ0) is 21.0. The number of piperidine rings is 1. The van der Waals surface area contributed by atoms with Crippen LogP contribution in [-0.4, -0.2) is 44.2 Å². The van der Waals surface area contributed by atoms with Crippen LogP contribution in [0.3, 0.4) is 0 Å². The second-order valence-electron chi connectivity index (χ2n) is 6.95. The highest BCUT2D eigenvalue weighted by Crippen LogP contribution is 2.24. The summed E-state index contributed by atoms with van der Waals surface area (Å²) in [5.74, 6) is -1.07. The average molecular weight is 480 g/mol. The number of Topliss-reactive ketones (excluding diaryl/α,β-unsaturated/α-hetero) is 1. The van der Waals surface area contributed by atoms with Crippen molar-refractivity contribution >= 4 is 37.7 Å². The standard InChI is InChI=1S/C21H22BrNO5S/c1-15-5-6-17(13-20(15)29(26,27)23-11-3-2-4-12-23)21(25)28-14-19(24)16-7-9-18(22)10-8-16/h5-10,13H,2-4,11-12,14H2,1H3. The van der Waals surface area contributed by atoms with Crippen LogP contribution in [0, 0.1) is 6.92 Å². The van der Waals surface area contributed by atoms with Crippen molar-refractivity contribution in [3.05, 3.63) is 63.6 Å². The first-order valence-corrected chi connectivity index (χ1v) is 11.6. The van der Waals surface area contributed by atoms with Crippen molar-refractivity contribution in [2.45, 2.75) is 31.1 Å². The number of ether oxygens (including phenoxy) is 1. The third-order valence-corrected chi connectivity index (χ3v) is 7.43. The highest BCUT2D eigenvalue weighted by molar-refractivity contribution is 9.10. The van der Waals surface area contributed by atoms with Gasteiger partial charge in [-0.2, -0.15) is 4.31 Å². The van der Waals surface area contributed by atoms with Gasteiger partial charge in [0, 0.05) is 23.1 Å². The van der Waals surface area contributed by atoms with Gasteiger partial charge in [-0.1, -0.05) is 40.5 Å². The van der Waals surface area contributed by atoms with Crippen molar-refractivity contribution in [3.8, 4) is 0 Å². The first kappa shape index (κ1) is 21.7. The number of aryl methyl sites for hydroxylation is 1. The average Bonchev–Trinajstić information content (AvgIpc) is 2.73. The largest absolute Gasteiger partial charge is 0.454 e. The topological polar surface area (TPSA) is 80.8 Å². The molecule has 0 saturated carbocycles. The molecule has 0 spiro atoms. The van der Waals surface area contributed by atoms with Crippen molar-refractivity contribution in [2.75, 3.05) is 19.7 Å². The van der Waals surface area contributed by atoms with E-state index in [4.69, 9.17) is 4.74 Å². The summed E-state index contributed by atoms with van der Waals surface area (Å²) in [6.07, 6.45) is 2.68. The van der Waals surface area contributed by atoms with E-state index in [9.17, 15) is 18.0 Å². The molecule has 154 valence electrons. The molecule has 3 rings (SSSR count). The minimum atomic E-state index is -3.67. The fraction of sp³-hybridized carbons (Fsp3) is 0.333. The second-order valence-corrected chi connectivity index (χ2v) is 9.77. The van der Waals surface area contributed by atoms with Gasteiger partial charge >= 0.3 is 5.97 Å². The van der Waals surface area contributed by atoms with E-state index in [1.807, 2.05) is 0 Å². The SMILES string of the molecule is Cc1ccc(C(=O)OCC(=O)c2ccc(Br)cc2)cc1S(=O)(=O)N1CCCCC1. The number of sulfonamides is 1. The molecule has 0 atom stereocenters. The number of nitrogens with zero attached hydrogens (tertiary/aromatic N) is 1. The fourth-order valence-corrected chi connectivity index (χ4v) is 5.22. The highest BCUT2D eigenvalue weighted by Gasteiger charge is 2.28. The second kappa shape index (κ2) is 9.19. The Kier molecular flexibility index (Phi) is 6.87. The van der Waals surface area contributed by atoms with Crippen LogP contribution >= 0.6 is 15.9 Å². The van der Waals surface area contributed by atoms with E-state index in [2.05, 4.69) is 15.9 Å². The zero-order valence-corrected chi connectivity index (χ0v) is 18.5. The van der Waals surface area contributed by atoms with Gasteiger partial charge in [0.2, 0.25) is 10.0 Å². The maximum Gasteiger partial charge on any atom is 0.338 e. The molecule has 6 nitrogen and oxygen atoms in total. The quantitative estimate of drug-likeness (QED) is 0.462. The van der Waals surface area contributed by atoms with Crippen molar-refractivity contribution in [1.82, 2.24) is 4.31 Å². The molecule has 0 aliphatic carbocycles. The third kappa shape index (κ3) is 5.12. The number of hydrogen-bond donors (Lipinski definition) is 0. The number of benzene rings is 2. The molecule has 0 amide bonds. The number of ketones is 1. The molecule has 1 saturated heterocycles. The van der Waals surface area contributed by atoms with Crippen LogP contribution in [-0.2, 0) is 14.8 Å². The van der Waals surface area contributed by atoms with Crippen LogP contribution < -0.4 is 0 Å². The van der Waals surface area contributed by atoms with Gasteiger partial charge < -0.3 is 4.74 Å². The molecule has 1 heterocycles. The first-order chi connectivity index (χ1) is 13.8. The summed E-state index contributed by atoms with van der Waals surface area (Å²) in [5, 5.41) is 0. The maximum absolute atomic E-state index is 13.0. The molecule has 1 aliphatic rings. The van der Waals surface area contributed by atoms with Crippen LogP contribution in [0.1, 0.15) is 45.5 Å². The van der Waals surface area contributed by atoms with Gasteiger partial charge in [-0.05, 0) is 49.6 Å². The number of hydrogen-bond acceptors (Lipinski definition) is 5. The summed E-state index contributed by atoms with van der Waals surface area (Å²) in [7, 11) is -3.67. The zero-order valence-electron chi connectivity index (χ0n) is 16.1. The number of carbonyl (C=O) groups excluding carboxylic acids is 2. The summed E-state index contributed by atoms with van der Waals surface area (Å²) in [6.45, 7) is 2.25. The van der Waals surface area contributed by atoms with Gasteiger partial charge in [0.15, 0.2) is 12.4 Å². The first-order valence-electron chi connectivity index (χ1n) is 9.36. The number of esters is 1. The van der Waals surface area contributed by atoms with Crippen molar-refractivity contribution < 1.29 is 22.7 Å². The van der Waals surface area contributed by atoms with Gasteiger partial charge in [0.05, 0.1) is 10.5 Å². The van der Waals surface area contributed by atoms with Gasteiger partial charge in [0.25, 0.3) is 0 Å². The lowest BCUT2D eigenvalue weighted by molar-refractivity contribution is 0.0474. The molecular formula is C21H22BrNO5S. The van der Waals surface area contributed by atoms with Gasteiger partial charge in [0.1, 0.15) is 0 Å². The Morgan fingerprint density at radius 1 is 1.00 bits per heavy atom. The van der Waals surface area contributed by atoms with Crippen LogP contribution in [0.2, 0.25) is 0 Å². The Labute approximate surface area is 179 Å². The molecule has 0 aromatic heterocycles. The summed E-state index contributed by atoms with van der Waals surface area (Å²) < 4.78 is 33.4. The Morgan fingerprint density at radius 3 is 2.28 bits per heavy atom. The summed E-state index contributed by atoms with van der Waals surface area (Å²) >= 11 is 3.30. The van der Waals surface area contributed by atoms with E-state index in [-0.39, 0.29) is 16.2 Å². The lowest BCUT2D eigenvalue weighted by atomic mass is 10.1. The maximum atomic E-state index is 13.0. The van der Waals surface area contributed by atoms with Crippen LogP contribution in [0.25, 0.3) is 0 Å². The van der Waals surface area contributed by atoms with Crippen LogP contribution in [0.4, 0.5) is 0 Å². The van der Waals surface area contributed by atoms with Gasteiger partial charge in [-0.3, -0.25) is 4.79 Å². The predicted octanol–water partition coefficient (Wildman–Crippen LogP) is 3.97. The third-order valence-electron chi connectivity index (χ3n) is 4.86. The molecule has 1 fully saturated rings. The smallest absolute Gasteiger partial charge is 0.338 e. The Morgan fingerprint density at radius 2 is 1.62 bits per heavy atom. The van der Waals surface area contributed by atoms with E-state index in [0.29, 0.717) is 24.2 Å². The predicted molar refractivity (Wildman–Crippen MR) is 113 cm³/mol. The minimum absolute atomic E-state index is 0.105. The molecule has 0 N–H and O–H groups in total. The van der Waals surface area contributed by atoms with Crippen LogP contribution in [0.5, 0.6) is 0 Å². The van der Waals surface area contributed by atoms with Crippen molar-refractivity contribution in [1.29, 1.82) is 0 Å². The molecule has 2 aromatic carbocycles. The fourth-order valence-electron chi connectivity index (χ4n) is 3.18. The summed E-state index contributed by atoms with van der Waals surface area (Å²) in [4.78, 5) is 24.7. The molecule has 0 unspecified atom stereocenters. The van der Waals surface area contributed by atoms with E-state index < -0.39 is 22.6 Å². The Balaban J connectivity index is 1.73. The van der Waals surface area contributed by atoms with Gasteiger partial charge in [-0.25, -0.2) is 13.2 Å². The van der Waals surface area contributed by atoms with Gasteiger partial charge in [-0.15, -0.1) is 0 Å². The molecule has 0 bridgehead atoms. The Hall–Kier alpha value is -2.03. The molecule has 2 aromatic rings. The molecule has 29 heavy (non-hydrogen) atoms. The van der Waals surface area contributed by atoms with E-state index >= 15 is 0 Å². The monoisotopic (exact) mass is 479 g/mol. The van der Waals surface area contributed by atoms with E-state index in [0.717, 1.165) is 23.7 Å². The molecule has 8 heteroatoms.